The summed E-state index contributed by atoms with van der Waals surface area (Å²) in [6, 6.07) is 15.2. The number of amides is 2. The van der Waals surface area contributed by atoms with Crippen LogP contribution in [0, 0.1) is 6.92 Å². The Bertz CT molecular complexity index is 775. The summed E-state index contributed by atoms with van der Waals surface area (Å²) in [5, 5.41) is 0.575. The minimum atomic E-state index is -0.188. The second-order valence-electron chi connectivity index (χ2n) is 6.59. The van der Waals surface area contributed by atoms with Crippen molar-refractivity contribution in [2.45, 2.75) is 40.3 Å². The summed E-state index contributed by atoms with van der Waals surface area (Å²) in [7, 11) is 0. The summed E-state index contributed by atoms with van der Waals surface area (Å²) < 4.78 is 0. The molecule has 0 aliphatic carbocycles. The molecule has 0 unspecified atom stereocenters. The van der Waals surface area contributed by atoms with Gasteiger partial charge in [-0.1, -0.05) is 48.0 Å². The molecule has 138 valence electrons. The predicted octanol–water partition coefficient (Wildman–Crippen LogP) is 4.44. The van der Waals surface area contributed by atoms with E-state index >= 15 is 0 Å². The van der Waals surface area contributed by atoms with Gasteiger partial charge in [0.25, 0.3) is 0 Å². The van der Waals surface area contributed by atoms with Gasteiger partial charge in [-0.3, -0.25) is 9.59 Å². The Balaban J connectivity index is 2.24. The highest BCUT2D eigenvalue weighted by atomic mass is 35.5. The summed E-state index contributed by atoms with van der Waals surface area (Å²) in [5.74, 6) is -0.287. The van der Waals surface area contributed by atoms with Crippen LogP contribution in [-0.4, -0.2) is 29.3 Å². The first-order chi connectivity index (χ1) is 12.3. The van der Waals surface area contributed by atoms with Crippen molar-refractivity contribution < 1.29 is 9.59 Å². The highest BCUT2D eigenvalue weighted by molar-refractivity contribution is 6.31. The van der Waals surface area contributed by atoms with Crippen LogP contribution in [0.25, 0.3) is 0 Å². The van der Waals surface area contributed by atoms with Gasteiger partial charge in [0.15, 0.2) is 0 Å². The van der Waals surface area contributed by atoms with Gasteiger partial charge >= 0.3 is 0 Å². The van der Waals surface area contributed by atoms with Gasteiger partial charge in [0.2, 0.25) is 11.8 Å². The third kappa shape index (κ3) is 4.85. The van der Waals surface area contributed by atoms with Crippen molar-refractivity contribution in [3.05, 3.63) is 64.7 Å². The molecule has 2 rings (SSSR count). The van der Waals surface area contributed by atoms with Crippen LogP contribution in [0.1, 0.15) is 31.9 Å². The normalized spacial score (nSPS) is 10.7. The van der Waals surface area contributed by atoms with E-state index in [2.05, 4.69) is 0 Å². The van der Waals surface area contributed by atoms with E-state index in [1.165, 1.54) is 11.8 Å². The number of nitrogens with zero attached hydrogens (tertiary/aromatic N) is 2. The molecule has 0 radical (unpaired) electrons. The van der Waals surface area contributed by atoms with E-state index in [0.717, 1.165) is 11.1 Å². The third-order valence-electron chi connectivity index (χ3n) is 4.34. The van der Waals surface area contributed by atoms with E-state index in [1.54, 1.807) is 17.0 Å². The molecular weight excluding hydrogens is 348 g/mol. The van der Waals surface area contributed by atoms with Gasteiger partial charge < -0.3 is 9.80 Å². The van der Waals surface area contributed by atoms with Crippen LogP contribution >= 0.6 is 11.6 Å². The Labute approximate surface area is 160 Å². The Hall–Kier alpha value is -2.33. The molecule has 2 aromatic rings. The first-order valence-electron chi connectivity index (χ1n) is 8.68. The van der Waals surface area contributed by atoms with Gasteiger partial charge in [-0.25, -0.2) is 0 Å². The maximum atomic E-state index is 13.0. The van der Waals surface area contributed by atoms with E-state index in [0.29, 0.717) is 17.3 Å². The van der Waals surface area contributed by atoms with E-state index in [1.807, 2.05) is 57.2 Å². The van der Waals surface area contributed by atoms with E-state index in [4.69, 9.17) is 11.6 Å². The number of carbonyl (C=O) groups excluding carboxylic acids is 2. The largest absolute Gasteiger partial charge is 0.334 e. The molecule has 2 amide bonds. The molecule has 0 saturated heterocycles. The molecule has 0 heterocycles. The van der Waals surface area contributed by atoms with Crippen LogP contribution in [0.3, 0.4) is 0 Å². The van der Waals surface area contributed by atoms with Crippen molar-refractivity contribution >= 4 is 29.1 Å². The van der Waals surface area contributed by atoms with Crippen molar-refractivity contribution in [1.29, 1.82) is 0 Å². The van der Waals surface area contributed by atoms with Crippen LogP contribution in [0.5, 0.6) is 0 Å². The summed E-state index contributed by atoms with van der Waals surface area (Å²) in [6.07, 6.45) is 0. The Morgan fingerprint density at radius 1 is 1.04 bits per heavy atom. The quantitative estimate of drug-likeness (QED) is 0.752. The number of halogens is 1. The molecule has 0 bridgehead atoms. The van der Waals surface area contributed by atoms with Crippen molar-refractivity contribution in [3.63, 3.8) is 0 Å². The highest BCUT2D eigenvalue weighted by Crippen LogP contribution is 2.27. The average molecular weight is 373 g/mol. The predicted molar refractivity (Wildman–Crippen MR) is 106 cm³/mol. The zero-order valence-corrected chi connectivity index (χ0v) is 16.5. The fourth-order valence-corrected chi connectivity index (χ4v) is 2.99. The molecule has 26 heavy (non-hydrogen) atoms. The standard InChI is InChI=1S/C21H25ClN2O2/c1-15(2)23(13-18-9-6-5-7-10-18)21(26)14-24(17(4)25)20-12-8-11-19(22)16(20)3/h5-12,15H,13-14H2,1-4H3. The van der Waals surface area contributed by atoms with Crippen LogP contribution in [-0.2, 0) is 16.1 Å². The van der Waals surface area contributed by atoms with Crippen LogP contribution in [0.2, 0.25) is 5.02 Å². The SMILES string of the molecule is CC(=O)N(CC(=O)N(Cc1ccccc1)C(C)C)c1cccc(Cl)c1C. The summed E-state index contributed by atoms with van der Waals surface area (Å²) in [5.41, 5.74) is 2.51. The number of benzene rings is 2. The van der Waals surface area contributed by atoms with Gasteiger partial charge in [0.1, 0.15) is 6.54 Å². The molecule has 0 aliphatic rings. The lowest BCUT2D eigenvalue weighted by Crippen LogP contribution is -2.45. The van der Waals surface area contributed by atoms with Gasteiger partial charge in [-0.05, 0) is 44.0 Å². The molecular formula is C21H25ClN2O2. The second-order valence-corrected chi connectivity index (χ2v) is 7.00. The first-order valence-corrected chi connectivity index (χ1v) is 9.05. The summed E-state index contributed by atoms with van der Waals surface area (Å²) in [4.78, 5) is 28.5. The van der Waals surface area contributed by atoms with Crippen LogP contribution in [0.4, 0.5) is 5.69 Å². The van der Waals surface area contributed by atoms with E-state index in [-0.39, 0.29) is 24.4 Å². The lowest BCUT2D eigenvalue weighted by Gasteiger charge is -2.30. The third-order valence-corrected chi connectivity index (χ3v) is 4.75. The van der Waals surface area contributed by atoms with Gasteiger partial charge in [0.05, 0.1) is 0 Å². The molecule has 2 aromatic carbocycles. The lowest BCUT2D eigenvalue weighted by molar-refractivity contribution is -0.133. The van der Waals surface area contributed by atoms with Gasteiger partial charge in [-0.15, -0.1) is 0 Å². The fraction of sp³-hybridized carbons (Fsp3) is 0.333. The Morgan fingerprint density at radius 2 is 1.69 bits per heavy atom. The topological polar surface area (TPSA) is 40.6 Å². The molecule has 0 aromatic heterocycles. The summed E-state index contributed by atoms with van der Waals surface area (Å²) in [6.45, 7) is 7.76. The maximum absolute atomic E-state index is 13.0. The second kappa shape index (κ2) is 8.86. The number of rotatable bonds is 6. The number of hydrogen-bond acceptors (Lipinski definition) is 2. The molecule has 0 N–H and O–H groups in total. The van der Waals surface area contributed by atoms with Crippen molar-refractivity contribution in [1.82, 2.24) is 4.90 Å². The van der Waals surface area contributed by atoms with Crippen molar-refractivity contribution in [3.8, 4) is 0 Å². The molecule has 0 fully saturated rings. The molecule has 0 spiro atoms. The Kier molecular flexibility index (Phi) is 6.81. The fourth-order valence-electron chi connectivity index (χ4n) is 2.82. The smallest absolute Gasteiger partial charge is 0.243 e. The van der Waals surface area contributed by atoms with Gasteiger partial charge in [0, 0.05) is 30.2 Å². The van der Waals surface area contributed by atoms with Crippen molar-refractivity contribution in [2.24, 2.45) is 0 Å². The zero-order valence-electron chi connectivity index (χ0n) is 15.7. The van der Waals surface area contributed by atoms with Crippen LogP contribution in [0.15, 0.2) is 48.5 Å². The Morgan fingerprint density at radius 3 is 2.27 bits per heavy atom. The van der Waals surface area contributed by atoms with E-state index < -0.39 is 0 Å². The van der Waals surface area contributed by atoms with Gasteiger partial charge in [-0.2, -0.15) is 0 Å². The van der Waals surface area contributed by atoms with Crippen molar-refractivity contribution in [2.75, 3.05) is 11.4 Å². The van der Waals surface area contributed by atoms with Crippen LogP contribution < -0.4 is 4.90 Å². The molecule has 0 aliphatic heterocycles. The average Bonchev–Trinajstić information content (AvgIpc) is 2.60. The minimum Gasteiger partial charge on any atom is -0.334 e. The molecule has 0 atom stereocenters. The minimum absolute atomic E-state index is 0.0124. The number of carbonyl (C=O) groups is 2. The first kappa shape index (κ1) is 20.0. The molecule has 4 nitrogen and oxygen atoms in total. The maximum Gasteiger partial charge on any atom is 0.243 e. The number of anilines is 1. The number of hydrogen-bond donors (Lipinski definition) is 0. The molecule has 5 heteroatoms. The lowest BCUT2D eigenvalue weighted by atomic mass is 10.1. The monoisotopic (exact) mass is 372 g/mol. The molecule has 0 saturated carbocycles. The summed E-state index contributed by atoms with van der Waals surface area (Å²) >= 11 is 6.19. The highest BCUT2D eigenvalue weighted by Gasteiger charge is 2.23. The van der Waals surface area contributed by atoms with E-state index in [9.17, 15) is 9.59 Å². The zero-order chi connectivity index (χ0) is 19.3.